The fraction of sp³-hybridized carbons (Fsp3) is 0.350. The number of hydrogen-bond acceptors (Lipinski definition) is 6. The van der Waals surface area contributed by atoms with Crippen molar-refractivity contribution in [2.45, 2.75) is 25.7 Å². The molecule has 1 aromatic heterocycles. The van der Waals surface area contributed by atoms with Gasteiger partial charge in [-0.15, -0.1) is 5.10 Å². The molecule has 2 aliphatic heterocycles. The van der Waals surface area contributed by atoms with Gasteiger partial charge in [0.05, 0.1) is 5.92 Å². The van der Waals surface area contributed by atoms with Crippen LogP contribution in [0.1, 0.15) is 35.6 Å². The maximum absolute atomic E-state index is 12.1. The smallest absolute Gasteiger partial charge is 0.260 e. The number of rotatable bonds is 4. The van der Waals surface area contributed by atoms with E-state index >= 15 is 0 Å². The minimum atomic E-state index is -0.368. The third-order valence-corrected chi connectivity index (χ3v) is 5.16. The summed E-state index contributed by atoms with van der Waals surface area (Å²) in [6, 6.07) is 9.48. The molecule has 0 saturated carbocycles. The summed E-state index contributed by atoms with van der Waals surface area (Å²) in [6.07, 6.45) is 2.11. The van der Waals surface area contributed by atoms with E-state index in [9.17, 15) is 10.1 Å². The van der Waals surface area contributed by atoms with E-state index in [1.165, 1.54) is 0 Å². The van der Waals surface area contributed by atoms with Crippen LogP contribution in [0.3, 0.4) is 0 Å². The van der Waals surface area contributed by atoms with Gasteiger partial charge >= 0.3 is 0 Å². The molecule has 144 valence electrons. The van der Waals surface area contributed by atoms with E-state index in [0.29, 0.717) is 17.2 Å². The maximum Gasteiger partial charge on any atom is 0.260 e. The van der Waals surface area contributed by atoms with Crippen LogP contribution in [0.5, 0.6) is 11.6 Å². The lowest BCUT2D eigenvalue weighted by Crippen LogP contribution is -2.32. The molecular formula is C20H21N5O3. The van der Waals surface area contributed by atoms with Gasteiger partial charge in [-0.1, -0.05) is 12.1 Å². The largest absolute Gasteiger partial charge is 0.484 e. The molecule has 8 nitrogen and oxygen atoms in total. The van der Waals surface area contributed by atoms with Gasteiger partial charge in [0.25, 0.3) is 5.91 Å². The average molecular weight is 379 g/mol. The lowest BCUT2D eigenvalue weighted by molar-refractivity contribution is -0.132. The summed E-state index contributed by atoms with van der Waals surface area (Å²) in [5.74, 6) is 0.682. The van der Waals surface area contributed by atoms with Crippen molar-refractivity contribution in [3.63, 3.8) is 0 Å². The number of aromatic nitrogens is 2. The van der Waals surface area contributed by atoms with E-state index in [0.717, 1.165) is 42.8 Å². The Hall–Kier alpha value is -3.47. The maximum atomic E-state index is 12.1. The summed E-state index contributed by atoms with van der Waals surface area (Å²) in [6.45, 7) is 3.52. The first-order chi connectivity index (χ1) is 13.6. The Morgan fingerprint density at radius 2 is 2.11 bits per heavy atom. The average Bonchev–Trinajstić information content (AvgIpc) is 3.36. The molecule has 0 bridgehead atoms. The molecule has 1 atom stereocenters. The van der Waals surface area contributed by atoms with Gasteiger partial charge in [-0.3, -0.25) is 9.89 Å². The van der Waals surface area contributed by atoms with Crippen LogP contribution in [0.15, 0.2) is 35.7 Å². The zero-order chi connectivity index (χ0) is 19.7. The fourth-order valence-corrected chi connectivity index (χ4v) is 3.69. The molecule has 2 aliphatic rings. The molecule has 3 heterocycles. The molecule has 3 N–H and O–H groups in total. The fourth-order valence-electron chi connectivity index (χ4n) is 3.69. The second-order valence-electron chi connectivity index (χ2n) is 6.94. The molecule has 8 heteroatoms. The van der Waals surface area contributed by atoms with Crippen LogP contribution in [-0.4, -0.2) is 40.7 Å². The number of carbonyl (C=O) groups excluding carboxylic acids is 1. The molecule has 0 radical (unpaired) electrons. The van der Waals surface area contributed by atoms with E-state index < -0.39 is 0 Å². The third-order valence-electron chi connectivity index (χ3n) is 5.16. The lowest BCUT2D eigenvalue weighted by atomic mass is 9.84. The number of carbonyl (C=O) groups is 1. The Morgan fingerprint density at radius 1 is 1.39 bits per heavy atom. The Labute approximate surface area is 162 Å². The number of ether oxygens (including phenoxy) is 2. The summed E-state index contributed by atoms with van der Waals surface area (Å²) in [4.78, 5) is 13.9. The summed E-state index contributed by atoms with van der Waals surface area (Å²) >= 11 is 0. The number of likely N-dealkylation sites (tertiary alicyclic amines) is 1. The van der Waals surface area contributed by atoms with Crippen LogP contribution >= 0.6 is 0 Å². The number of allylic oxidation sites excluding steroid dienone is 1. The van der Waals surface area contributed by atoms with Gasteiger partial charge in [0.1, 0.15) is 17.4 Å². The number of aryl methyl sites for hydroxylation is 1. The second kappa shape index (κ2) is 7.27. The van der Waals surface area contributed by atoms with E-state index in [2.05, 4.69) is 16.3 Å². The summed E-state index contributed by atoms with van der Waals surface area (Å²) < 4.78 is 11.1. The number of nitrogens with zero attached hydrogens (tertiary/aromatic N) is 3. The van der Waals surface area contributed by atoms with Gasteiger partial charge in [-0.05, 0) is 37.5 Å². The molecule has 1 amide bonds. The summed E-state index contributed by atoms with van der Waals surface area (Å²) in [7, 11) is 0. The van der Waals surface area contributed by atoms with E-state index in [4.69, 9.17) is 15.2 Å². The molecule has 1 saturated heterocycles. The van der Waals surface area contributed by atoms with Gasteiger partial charge in [-0.25, -0.2) is 0 Å². The zero-order valence-corrected chi connectivity index (χ0v) is 15.6. The van der Waals surface area contributed by atoms with E-state index in [1.54, 1.807) is 12.1 Å². The van der Waals surface area contributed by atoms with Crippen molar-refractivity contribution < 1.29 is 14.3 Å². The van der Waals surface area contributed by atoms with Gasteiger partial charge in [-0.2, -0.15) is 5.26 Å². The van der Waals surface area contributed by atoms with Crippen molar-refractivity contribution in [2.24, 2.45) is 5.73 Å². The number of benzene rings is 1. The predicted octanol–water partition coefficient (Wildman–Crippen LogP) is 1.94. The highest BCUT2D eigenvalue weighted by atomic mass is 16.5. The first kappa shape index (κ1) is 17.9. The van der Waals surface area contributed by atoms with Crippen molar-refractivity contribution >= 4 is 5.91 Å². The van der Waals surface area contributed by atoms with Crippen LogP contribution in [0, 0.1) is 18.3 Å². The number of amides is 1. The van der Waals surface area contributed by atoms with Crippen LogP contribution in [0.25, 0.3) is 0 Å². The summed E-state index contributed by atoms with van der Waals surface area (Å²) in [5, 5.41) is 16.6. The van der Waals surface area contributed by atoms with Crippen molar-refractivity contribution in [3.05, 3.63) is 52.5 Å². The van der Waals surface area contributed by atoms with E-state index in [-0.39, 0.29) is 24.3 Å². The van der Waals surface area contributed by atoms with Crippen molar-refractivity contribution in [1.29, 1.82) is 5.26 Å². The molecule has 0 spiro atoms. The Kier molecular flexibility index (Phi) is 4.65. The second-order valence-corrected chi connectivity index (χ2v) is 6.94. The molecule has 2 aromatic rings. The number of nitrogens with two attached hydrogens (primary N) is 1. The topological polar surface area (TPSA) is 117 Å². The predicted molar refractivity (Wildman–Crippen MR) is 100 cm³/mol. The normalized spacial score (nSPS) is 18.4. The number of nitriles is 1. The van der Waals surface area contributed by atoms with Crippen LogP contribution in [-0.2, 0) is 4.79 Å². The minimum absolute atomic E-state index is 0.00661. The summed E-state index contributed by atoms with van der Waals surface area (Å²) in [5.41, 5.74) is 8.75. The highest BCUT2D eigenvalue weighted by Crippen LogP contribution is 2.42. The Balaban J connectivity index is 1.54. The molecule has 1 aromatic carbocycles. The molecule has 0 aliphatic carbocycles. The molecule has 4 rings (SSSR count). The molecule has 28 heavy (non-hydrogen) atoms. The first-order valence-corrected chi connectivity index (χ1v) is 9.21. The number of hydrogen-bond donors (Lipinski definition) is 2. The number of H-pyrrole nitrogens is 1. The lowest BCUT2D eigenvalue weighted by Gasteiger charge is -2.23. The first-order valence-electron chi connectivity index (χ1n) is 9.21. The zero-order valence-electron chi connectivity index (χ0n) is 15.6. The minimum Gasteiger partial charge on any atom is -0.484 e. The van der Waals surface area contributed by atoms with Crippen molar-refractivity contribution in [1.82, 2.24) is 15.1 Å². The highest BCUT2D eigenvalue weighted by Gasteiger charge is 2.34. The SMILES string of the molecule is Cc1[nH]nc2c1C(c1ccc(OCC(=O)N3CCCC3)cc1)C(C#N)=C(N)O2. The third kappa shape index (κ3) is 3.16. The van der Waals surface area contributed by atoms with E-state index in [1.807, 2.05) is 24.0 Å². The van der Waals surface area contributed by atoms with Crippen LogP contribution in [0.2, 0.25) is 0 Å². The molecule has 1 unspecified atom stereocenters. The molecular weight excluding hydrogens is 358 g/mol. The Bertz CT molecular complexity index is 965. The number of nitrogens with one attached hydrogen (secondary N) is 1. The van der Waals surface area contributed by atoms with Crippen molar-refractivity contribution in [2.75, 3.05) is 19.7 Å². The van der Waals surface area contributed by atoms with Crippen LogP contribution < -0.4 is 15.2 Å². The van der Waals surface area contributed by atoms with Gasteiger partial charge < -0.3 is 20.1 Å². The van der Waals surface area contributed by atoms with Gasteiger partial charge in [0, 0.05) is 24.3 Å². The van der Waals surface area contributed by atoms with Crippen LogP contribution in [0.4, 0.5) is 0 Å². The van der Waals surface area contributed by atoms with Crippen molar-refractivity contribution in [3.8, 4) is 17.7 Å². The molecule has 1 fully saturated rings. The quantitative estimate of drug-likeness (QED) is 0.838. The Morgan fingerprint density at radius 3 is 2.79 bits per heavy atom. The highest BCUT2D eigenvalue weighted by molar-refractivity contribution is 5.78. The standard InChI is InChI=1S/C20H21N5O3/c1-12-17-18(15(10-21)19(22)28-20(17)24-23-12)13-4-6-14(7-5-13)27-11-16(26)25-8-2-3-9-25/h4-7,18H,2-3,8-9,11,22H2,1H3,(H,23,24). The number of aromatic amines is 1. The monoisotopic (exact) mass is 379 g/mol. The van der Waals surface area contributed by atoms with Gasteiger partial charge in [0.15, 0.2) is 6.61 Å². The number of fused-ring (bicyclic) bond motifs is 1. The van der Waals surface area contributed by atoms with Gasteiger partial charge in [0.2, 0.25) is 11.8 Å².